The van der Waals surface area contributed by atoms with E-state index in [1.54, 1.807) is 0 Å². The number of allylic oxidation sites excluding steroid dienone is 2. The van der Waals surface area contributed by atoms with Crippen LogP contribution < -0.4 is 0 Å². The molecular formula is C30H40N2Pd. The molecule has 0 aromatic heterocycles. The second-order valence-corrected chi connectivity index (χ2v) is 9.13. The van der Waals surface area contributed by atoms with E-state index in [4.69, 9.17) is 0 Å². The topological polar surface area (TPSA) is 25.3 Å². The van der Waals surface area contributed by atoms with E-state index in [0.717, 1.165) is 54.6 Å². The zero-order valence-corrected chi connectivity index (χ0v) is 22.2. The minimum atomic E-state index is 0. The van der Waals surface area contributed by atoms with Gasteiger partial charge in [0.25, 0.3) is 0 Å². The van der Waals surface area contributed by atoms with Crippen molar-refractivity contribution in [2.75, 3.05) is 0 Å². The first-order valence-corrected chi connectivity index (χ1v) is 12.8. The van der Waals surface area contributed by atoms with E-state index in [1.165, 1.54) is 59.9 Å². The van der Waals surface area contributed by atoms with E-state index in [0.29, 0.717) is 0 Å². The monoisotopic (exact) mass is 534 g/mol. The minimum absolute atomic E-state index is 0. The SMILES string of the molecule is CCCCCCc1ccc(C2=CC(CCCC)=C(c3ccc(CCCC)cc3)[N+]2=[N-])cc1.[Pd]. The molecule has 0 unspecified atom stereocenters. The third kappa shape index (κ3) is 7.59. The maximum Gasteiger partial charge on any atom is 0.210 e. The van der Waals surface area contributed by atoms with Crippen molar-refractivity contribution in [3.8, 4) is 0 Å². The summed E-state index contributed by atoms with van der Waals surface area (Å²) in [5, 5.41) is 0. The molecule has 0 bridgehead atoms. The summed E-state index contributed by atoms with van der Waals surface area (Å²) >= 11 is 0. The van der Waals surface area contributed by atoms with E-state index in [2.05, 4.69) is 75.4 Å². The molecular weight excluding hydrogens is 495 g/mol. The molecule has 2 nitrogen and oxygen atoms in total. The zero-order valence-electron chi connectivity index (χ0n) is 20.7. The van der Waals surface area contributed by atoms with Gasteiger partial charge in [-0.2, -0.15) is 0 Å². The summed E-state index contributed by atoms with van der Waals surface area (Å²) in [4.78, 5) is 0. The van der Waals surface area contributed by atoms with Gasteiger partial charge in [0.2, 0.25) is 11.4 Å². The van der Waals surface area contributed by atoms with Crippen LogP contribution in [0.1, 0.15) is 101 Å². The van der Waals surface area contributed by atoms with Crippen LogP contribution >= 0.6 is 0 Å². The van der Waals surface area contributed by atoms with Crippen LogP contribution in [0.3, 0.4) is 0 Å². The Balaban J connectivity index is 0.00000385. The van der Waals surface area contributed by atoms with Gasteiger partial charge in [-0.3, -0.25) is 0 Å². The molecule has 0 N–H and O–H groups in total. The van der Waals surface area contributed by atoms with Crippen molar-refractivity contribution in [3.05, 3.63) is 88.0 Å². The molecule has 3 heteroatoms. The average molecular weight is 535 g/mol. The molecule has 0 amide bonds. The van der Waals surface area contributed by atoms with Crippen molar-refractivity contribution in [3.63, 3.8) is 0 Å². The van der Waals surface area contributed by atoms with Crippen LogP contribution in [0, 0.1) is 0 Å². The van der Waals surface area contributed by atoms with E-state index in [1.807, 2.05) is 0 Å². The normalized spacial score (nSPS) is 13.3. The predicted octanol–water partition coefficient (Wildman–Crippen LogP) is 9.14. The number of benzene rings is 2. The third-order valence-electron chi connectivity index (χ3n) is 6.47. The standard InChI is InChI=1S/C30H40N2.Pd/c1-4-7-10-11-13-25-15-19-26(20-16-25)29-23-28(14-9-6-3)30(32(29)31)27-21-17-24(18-22-27)12-8-5-2;/h15-23H,4-14H2,1-3H3;. The van der Waals surface area contributed by atoms with Gasteiger partial charge in [0.1, 0.15) is 0 Å². The molecule has 0 saturated heterocycles. The quantitative estimate of drug-likeness (QED) is 0.139. The maximum absolute atomic E-state index is 11.2. The van der Waals surface area contributed by atoms with Crippen LogP contribution in [0.15, 0.2) is 60.2 Å². The van der Waals surface area contributed by atoms with Gasteiger partial charge < -0.3 is 5.53 Å². The van der Waals surface area contributed by atoms with Gasteiger partial charge in [0.05, 0.1) is 0 Å². The fourth-order valence-electron chi connectivity index (χ4n) is 4.43. The number of rotatable bonds is 13. The fourth-order valence-corrected chi connectivity index (χ4v) is 4.43. The van der Waals surface area contributed by atoms with Crippen LogP contribution in [0.25, 0.3) is 16.9 Å². The Kier molecular flexibility index (Phi) is 12.0. The first-order valence-electron chi connectivity index (χ1n) is 12.8. The number of nitrogens with zero attached hydrogens (tertiary/aromatic N) is 2. The third-order valence-corrected chi connectivity index (χ3v) is 6.47. The van der Waals surface area contributed by atoms with Crippen molar-refractivity contribution in [1.29, 1.82) is 0 Å². The molecule has 0 spiro atoms. The first kappa shape index (κ1) is 27.4. The fraction of sp³-hybridized carbons (Fsp3) is 0.467. The largest absolute Gasteiger partial charge is 0.493 e. The van der Waals surface area contributed by atoms with Gasteiger partial charge >= 0.3 is 0 Å². The first-order chi connectivity index (χ1) is 15.7. The van der Waals surface area contributed by atoms with Gasteiger partial charge in [-0.25, -0.2) is 4.70 Å². The molecule has 0 radical (unpaired) electrons. The smallest absolute Gasteiger partial charge is 0.210 e. The second kappa shape index (κ2) is 14.4. The summed E-state index contributed by atoms with van der Waals surface area (Å²) in [6, 6.07) is 17.6. The van der Waals surface area contributed by atoms with Crippen LogP contribution in [0.5, 0.6) is 0 Å². The molecule has 33 heavy (non-hydrogen) atoms. The maximum atomic E-state index is 11.2. The van der Waals surface area contributed by atoms with E-state index in [9.17, 15) is 5.53 Å². The van der Waals surface area contributed by atoms with Gasteiger partial charge in [-0.15, -0.1) is 0 Å². The van der Waals surface area contributed by atoms with E-state index < -0.39 is 0 Å². The average Bonchev–Trinajstić information content (AvgIpc) is 3.15. The Morgan fingerprint density at radius 1 is 0.606 bits per heavy atom. The van der Waals surface area contributed by atoms with Crippen molar-refractivity contribution in [2.24, 2.45) is 0 Å². The molecule has 1 aliphatic rings. The number of unbranched alkanes of at least 4 members (excludes halogenated alkanes) is 5. The predicted molar refractivity (Wildman–Crippen MR) is 137 cm³/mol. The molecule has 2 aromatic carbocycles. The summed E-state index contributed by atoms with van der Waals surface area (Å²) in [6.07, 6.45) is 15.3. The van der Waals surface area contributed by atoms with E-state index >= 15 is 0 Å². The summed E-state index contributed by atoms with van der Waals surface area (Å²) in [6.45, 7) is 6.70. The van der Waals surface area contributed by atoms with Gasteiger partial charge in [0.15, 0.2) is 0 Å². The summed E-state index contributed by atoms with van der Waals surface area (Å²) in [5.41, 5.74) is 19.2. The van der Waals surface area contributed by atoms with Crippen molar-refractivity contribution < 1.29 is 25.1 Å². The molecule has 1 heterocycles. The van der Waals surface area contributed by atoms with Gasteiger partial charge in [-0.05, 0) is 73.9 Å². The number of hydrogen-bond donors (Lipinski definition) is 0. The van der Waals surface area contributed by atoms with Crippen molar-refractivity contribution in [2.45, 2.75) is 91.4 Å². The Morgan fingerprint density at radius 2 is 1.12 bits per heavy atom. The Labute approximate surface area is 215 Å². The second-order valence-electron chi connectivity index (χ2n) is 9.13. The van der Waals surface area contributed by atoms with Crippen LogP contribution in [0.2, 0.25) is 0 Å². The Morgan fingerprint density at radius 3 is 1.70 bits per heavy atom. The zero-order chi connectivity index (χ0) is 22.8. The van der Waals surface area contributed by atoms with Crippen LogP contribution in [0.4, 0.5) is 0 Å². The molecule has 3 rings (SSSR count). The molecule has 0 aliphatic carbocycles. The molecule has 180 valence electrons. The van der Waals surface area contributed by atoms with Crippen molar-refractivity contribution in [1.82, 2.24) is 0 Å². The van der Waals surface area contributed by atoms with Crippen LogP contribution in [-0.4, -0.2) is 4.70 Å². The summed E-state index contributed by atoms with van der Waals surface area (Å²) in [7, 11) is 0. The Bertz CT molecular complexity index is 936. The Hall–Kier alpha value is -1.82. The minimum Gasteiger partial charge on any atom is -0.493 e. The number of aryl methyl sites for hydroxylation is 2. The number of hydrogen-bond acceptors (Lipinski definition) is 0. The summed E-state index contributed by atoms with van der Waals surface area (Å²) in [5.74, 6) is 0. The summed E-state index contributed by atoms with van der Waals surface area (Å²) < 4.78 is 1.42. The van der Waals surface area contributed by atoms with Crippen LogP contribution in [-0.2, 0) is 33.3 Å². The molecule has 0 saturated carbocycles. The van der Waals surface area contributed by atoms with Gasteiger partial charge in [0, 0.05) is 43.2 Å². The van der Waals surface area contributed by atoms with E-state index in [-0.39, 0.29) is 20.4 Å². The molecule has 0 fully saturated rings. The molecule has 2 aromatic rings. The van der Waals surface area contributed by atoms with Crippen molar-refractivity contribution >= 4 is 11.4 Å². The molecule has 0 atom stereocenters. The van der Waals surface area contributed by atoms with Gasteiger partial charge in [-0.1, -0.05) is 77.1 Å². The molecule has 1 aliphatic heterocycles.